The summed E-state index contributed by atoms with van der Waals surface area (Å²) < 4.78 is 11.4. The molecule has 2 rings (SSSR count). The zero-order valence-electron chi connectivity index (χ0n) is 16.7. The molecular weight excluding hydrogens is 455 g/mol. The monoisotopic (exact) mass is 490 g/mol. The van der Waals surface area contributed by atoms with Gasteiger partial charge < -0.3 is 20.1 Å². The molecule has 154 valence electrons. The molecule has 0 aliphatic carbocycles. The van der Waals surface area contributed by atoms with Crippen molar-refractivity contribution in [3.63, 3.8) is 0 Å². The van der Waals surface area contributed by atoms with Crippen molar-refractivity contribution in [1.82, 2.24) is 15.5 Å². The fraction of sp³-hybridized carbons (Fsp3) is 0.650. The summed E-state index contributed by atoms with van der Waals surface area (Å²) in [4.78, 5) is 7.08. The van der Waals surface area contributed by atoms with Crippen molar-refractivity contribution in [2.75, 3.05) is 52.5 Å². The minimum Gasteiger partial charge on any atom is -0.492 e. The lowest BCUT2D eigenvalue weighted by atomic mass is 10.2. The van der Waals surface area contributed by atoms with Gasteiger partial charge in [0.25, 0.3) is 0 Å². The smallest absolute Gasteiger partial charge is 0.191 e. The zero-order valence-corrected chi connectivity index (χ0v) is 19.0. The normalized spacial score (nSPS) is 15.1. The lowest BCUT2D eigenvalue weighted by Crippen LogP contribution is -2.38. The predicted octanol–water partition coefficient (Wildman–Crippen LogP) is 2.87. The van der Waals surface area contributed by atoms with Gasteiger partial charge in [-0.3, -0.25) is 4.90 Å². The minimum absolute atomic E-state index is 0. The van der Waals surface area contributed by atoms with E-state index < -0.39 is 0 Å². The summed E-state index contributed by atoms with van der Waals surface area (Å²) in [5.41, 5.74) is 1.11. The van der Waals surface area contributed by atoms with Gasteiger partial charge in [0.1, 0.15) is 12.4 Å². The molecule has 1 saturated heterocycles. The summed E-state index contributed by atoms with van der Waals surface area (Å²) in [6.07, 6.45) is 2.32. The largest absolute Gasteiger partial charge is 0.492 e. The van der Waals surface area contributed by atoms with Crippen LogP contribution in [0.3, 0.4) is 0 Å². The van der Waals surface area contributed by atoms with E-state index in [1.807, 2.05) is 18.2 Å². The van der Waals surface area contributed by atoms with E-state index in [0.29, 0.717) is 13.2 Å². The Bertz CT molecular complexity index is 536. The van der Waals surface area contributed by atoms with Gasteiger partial charge in [0.15, 0.2) is 5.96 Å². The van der Waals surface area contributed by atoms with Gasteiger partial charge in [-0.05, 0) is 19.4 Å². The molecule has 1 aliphatic rings. The molecule has 1 aliphatic heterocycles. The topological polar surface area (TPSA) is 58.1 Å². The van der Waals surface area contributed by atoms with Crippen molar-refractivity contribution in [1.29, 1.82) is 0 Å². The van der Waals surface area contributed by atoms with Crippen LogP contribution in [-0.4, -0.2) is 63.4 Å². The first-order chi connectivity index (χ1) is 12.8. The Morgan fingerprint density at radius 1 is 1.19 bits per heavy atom. The van der Waals surface area contributed by atoms with Gasteiger partial charge >= 0.3 is 0 Å². The number of para-hydroxylation sites is 1. The Morgan fingerprint density at radius 2 is 1.96 bits per heavy atom. The highest BCUT2D eigenvalue weighted by Gasteiger charge is 2.10. The van der Waals surface area contributed by atoms with Crippen molar-refractivity contribution in [2.45, 2.75) is 33.2 Å². The summed E-state index contributed by atoms with van der Waals surface area (Å²) in [6, 6.07) is 8.17. The maximum atomic E-state index is 6.04. The molecule has 1 aromatic rings. The zero-order chi connectivity index (χ0) is 18.5. The molecule has 1 heterocycles. The van der Waals surface area contributed by atoms with E-state index in [9.17, 15) is 0 Å². The summed E-state index contributed by atoms with van der Waals surface area (Å²) in [6.45, 7) is 11.9. The Kier molecular flexibility index (Phi) is 13.3. The molecule has 0 bridgehead atoms. The molecule has 1 aromatic carbocycles. The van der Waals surface area contributed by atoms with E-state index in [0.717, 1.165) is 69.6 Å². The van der Waals surface area contributed by atoms with Gasteiger partial charge in [-0.1, -0.05) is 31.5 Å². The van der Waals surface area contributed by atoms with Crippen LogP contribution in [0.1, 0.15) is 32.3 Å². The Morgan fingerprint density at radius 3 is 2.70 bits per heavy atom. The lowest BCUT2D eigenvalue weighted by molar-refractivity contribution is 0.0322. The number of halogens is 1. The average Bonchev–Trinajstić information content (AvgIpc) is 2.68. The van der Waals surface area contributed by atoms with Crippen LogP contribution >= 0.6 is 24.0 Å². The van der Waals surface area contributed by atoms with Gasteiger partial charge in [-0.15, -0.1) is 24.0 Å². The SMILES string of the molecule is CCCCNC(=NCc1ccccc1OCCN1CCOCC1)NCC.I. The van der Waals surface area contributed by atoms with Crippen LogP contribution in [-0.2, 0) is 11.3 Å². The lowest BCUT2D eigenvalue weighted by Gasteiger charge is -2.26. The number of hydrogen-bond acceptors (Lipinski definition) is 4. The molecule has 0 atom stereocenters. The highest BCUT2D eigenvalue weighted by atomic mass is 127. The third kappa shape index (κ3) is 9.62. The number of guanidine groups is 1. The first-order valence-electron chi connectivity index (χ1n) is 9.86. The minimum atomic E-state index is 0. The molecule has 0 spiro atoms. The Balaban J connectivity index is 0.00000364. The molecule has 0 amide bonds. The summed E-state index contributed by atoms with van der Waals surface area (Å²) in [5, 5.41) is 6.67. The van der Waals surface area contributed by atoms with E-state index in [2.05, 4.69) is 35.4 Å². The molecule has 2 N–H and O–H groups in total. The van der Waals surface area contributed by atoms with Crippen LogP contribution < -0.4 is 15.4 Å². The van der Waals surface area contributed by atoms with Gasteiger partial charge in [0.05, 0.1) is 19.8 Å². The first kappa shape index (κ1) is 24.0. The molecule has 0 saturated carbocycles. The van der Waals surface area contributed by atoms with Crippen LogP contribution in [0.15, 0.2) is 29.3 Å². The van der Waals surface area contributed by atoms with Crippen LogP contribution in [0, 0.1) is 0 Å². The molecular formula is C20H35IN4O2. The first-order valence-corrected chi connectivity index (χ1v) is 9.86. The summed E-state index contributed by atoms with van der Waals surface area (Å²) >= 11 is 0. The van der Waals surface area contributed by atoms with Crippen LogP contribution in [0.25, 0.3) is 0 Å². The standard InChI is InChI=1S/C20H34N4O2.HI/c1-3-5-10-22-20(21-4-2)23-17-18-8-6-7-9-19(18)26-16-13-24-11-14-25-15-12-24;/h6-9H,3-5,10-17H2,1-2H3,(H2,21,22,23);1H. The van der Waals surface area contributed by atoms with E-state index in [1.54, 1.807) is 0 Å². The molecule has 0 radical (unpaired) electrons. The quantitative estimate of drug-likeness (QED) is 0.229. The fourth-order valence-corrected chi connectivity index (χ4v) is 2.77. The van der Waals surface area contributed by atoms with E-state index in [1.165, 1.54) is 6.42 Å². The number of aliphatic imine (C=N–C) groups is 1. The molecule has 0 aromatic heterocycles. The van der Waals surface area contributed by atoms with Crippen LogP contribution in [0.4, 0.5) is 0 Å². The van der Waals surface area contributed by atoms with Crippen molar-refractivity contribution in [2.24, 2.45) is 4.99 Å². The summed E-state index contributed by atoms with van der Waals surface area (Å²) in [5.74, 6) is 1.79. The van der Waals surface area contributed by atoms with E-state index >= 15 is 0 Å². The molecule has 0 unspecified atom stereocenters. The third-order valence-corrected chi connectivity index (χ3v) is 4.32. The number of morpholine rings is 1. The number of hydrogen-bond donors (Lipinski definition) is 2. The van der Waals surface area contributed by atoms with Crippen LogP contribution in [0.5, 0.6) is 5.75 Å². The van der Waals surface area contributed by atoms with Crippen molar-refractivity contribution >= 4 is 29.9 Å². The van der Waals surface area contributed by atoms with Crippen molar-refractivity contribution < 1.29 is 9.47 Å². The second kappa shape index (κ2) is 14.9. The van der Waals surface area contributed by atoms with Crippen molar-refractivity contribution in [3.05, 3.63) is 29.8 Å². The second-order valence-electron chi connectivity index (χ2n) is 6.39. The van der Waals surface area contributed by atoms with E-state index in [4.69, 9.17) is 14.5 Å². The number of benzene rings is 1. The molecule has 27 heavy (non-hydrogen) atoms. The maximum absolute atomic E-state index is 6.04. The highest BCUT2D eigenvalue weighted by Crippen LogP contribution is 2.19. The number of nitrogens with zero attached hydrogens (tertiary/aromatic N) is 2. The molecule has 7 heteroatoms. The van der Waals surface area contributed by atoms with Crippen molar-refractivity contribution in [3.8, 4) is 5.75 Å². The summed E-state index contributed by atoms with van der Waals surface area (Å²) in [7, 11) is 0. The van der Waals surface area contributed by atoms with Gasteiger partial charge in [0.2, 0.25) is 0 Å². The maximum Gasteiger partial charge on any atom is 0.191 e. The number of ether oxygens (including phenoxy) is 2. The predicted molar refractivity (Wildman–Crippen MR) is 122 cm³/mol. The van der Waals surface area contributed by atoms with Gasteiger partial charge in [-0.2, -0.15) is 0 Å². The molecule has 1 fully saturated rings. The molecule has 6 nitrogen and oxygen atoms in total. The second-order valence-corrected chi connectivity index (χ2v) is 6.39. The average molecular weight is 490 g/mol. The van der Waals surface area contributed by atoms with Crippen LogP contribution in [0.2, 0.25) is 0 Å². The Hall–Kier alpha value is -1.06. The van der Waals surface area contributed by atoms with E-state index in [-0.39, 0.29) is 24.0 Å². The van der Waals surface area contributed by atoms with Gasteiger partial charge in [0, 0.05) is 38.3 Å². The Labute approximate surface area is 181 Å². The number of nitrogens with one attached hydrogen (secondary N) is 2. The highest BCUT2D eigenvalue weighted by molar-refractivity contribution is 14.0. The van der Waals surface area contributed by atoms with Gasteiger partial charge in [-0.25, -0.2) is 4.99 Å². The third-order valence-electron chi connectivity index (χ3n) is 4.32. The number of rotatable bonds is 10. The number of unbranched alkanes of at least 4 members (excludes halogenated alkanes) is 1. The fourth-order valence-electron chi connectivity index (χ4n) is 2.77.